The Balaban J connectivity index is 1.49. The summed E-state index contributed by atoms with van der Waals surface area (Å²) in [6, 6.07) is 0.743. The molecule has 1 saturated carbocycles. The van der Waals surface area contributed by atoms with Crippen molar-refractivity contribution in [2.75, 3.05) is 24.6 Å². The summed E-state index contributed by atoms with van der Waals surface area (Å²) in [5.41, 5.74) is 0. The zero-order valence-corrected chi connectivity index (χ0v) is 10.7. The largest absolute Gasteiger partial charge is 0.355 e. The van der Waals surface area contributed by atoms with Crippen LogP contribution in [0.15, 0.2) is 0 Å². The van der Waals surface area contributed by atoms with Gasteiger partial charge in [0.05, 0.1) is 0 Å². The van der Waals surface area contributed by atoms with Crippen LogP contribution in [0.2, 0.25) is 0 Å². The molecular formula is C12H22N2OS. The van der Waals surface area contributed by atoms with Crippen LogP contribution in [0.1, 0.15) is 32.1 Å². The maximum absolute atomic E-state index is 11.6. The van der Waals surface area contributed by atoms with Crippen molar-refractivity contribution in [1.29, 1.82) is 0 Å². The van der Waals surface area contributed by atoms with E-state index < -0.39 is 0 Å². The molecule has 1 aliphatic carbocycles. The number of hydrogen-bond acceptors (Lipinski definition) is 3. The van der Waals surface area contributed by atoms with Gasteiger partial charge in [-0.15, -0.1) is 0 Å². The van der Waals surface area contributed by atoms with E-state index >= 15 is 0 Å². The molecule has 4 heteroatoms. The van der Waals surface area contributed by atoms with Crippen molar-refractivity contribution in [3.05, 3.63) is 0 Å². The fourth-order valence-electron chi connectivity index (χ4n) is 2.05. The van der Waals surface area contributed by atoms with Crippen LogP contribution in [0.3, 0.4) is 0 Å². The molecule has 1 saturated heterocycles. The van der Waals surface area contributed by atoms with Gasteiger partial charge in [-0.2, -0.15) is 11.8 Å². The molecule has 92 valence electrons. The van der Waals surface area contributed by atoms with E-state index in [0.29, 0.717) is 5.92 Å². The van der Waals surface area contributed by atoms with Crippen molar-refractivity contribution in [3.8, 4) is 0 Å². The quantitative estimate of drug-likeness (QED) is 0.692. The highest BCUT2D eigenvalue weighted by Crippen LogP contribution is 2.24. The Hall–Kier alpha value is -0.220. The Labute approximate surface area is 102 Å². The topological polar surface area (TPSA) is 41.1 Å². The van der Waals surface area contributed by atoms with E-state index in [1.807, 2.05) is 11.8 Å². The fraction of sp³-hybridized carbons (Fsp3) is 0.917. The lowest BCUT2D eigenvalue weighted by Crippen LogP contribution is -2.33. The van der Waals surface area contributed by atoms with Gasteiger partial charge in [0.1, 0.15) is 0 Å². The van der Waals surface area contributed by atoms with E-state index in [2.05, 4.69) is 10.6 Å². The molecule has 16 heavy (non-hydrogen) atoms. The molecule has 0 unspecified atom stereocenters. The van der Waals surface area contributed by atoms with E-state index in [-0.39, 0.29) is 5.91 Å². The highest BCUT2D eigenvalue weighted by atomic mass is 32.2. The van der Waals surface area contributed by atoms with Crippen LogP contribution < -0.4 is 10.6 Å². The predicted octanol–water partition coefficient (Wildman–Crippen LogP) is 1.39. The first-order valence-electron chi connectivity index (χ1n) is 6.42. The molecular weight excluding hydrogens is 220 g/mol. The molecule has 0 aromatic heterocycles. The van der Waals surface area contributed by atoms with Crippen LogP contribution in [-0.2, 0) is 4.79 Å². The molecule has 1 heterocycles. The maximum atomic E-state index is 11.6. The molecule has 0 radical (unpaired) electrons. The molecule has 2 rings (SSSR count). The molecule has 1 aliphatic heterocycles. The Morgan fingerprint density at radius 2 is 1.88 bits per heavy atom. The first-order valence-corrected chi connectivity index (χ1v) is 7.58. The fourth-order valence-corrected chi connectivity index (χ4v) is 3.25. The van der Waals surface area contributed by atoms with Gasteiger partial charge in [-0.1, -0.05) is 0 Å². The zero-order valence-electron chi connectivity index (χ0n) is 9.84. The monoisotopic (exact) mass is 242 g/mol. The molecule has 0 atom stereocenters. The van der Waals surface area contributed by atoms with Crippen molar-refractivity contribution in [2.24, 2.45) is 5.92 Å². The summed E-state index contributed by atoms with van der Waals surface area (Å²) in [6.07, 6.45) is 5.81. The Kier molecular flexibility index (Phi) is 4.97. The van der Waals surface area contributed by atoms with Crippen molar-refractivity contribution in [3.63, 3.8) is 0 Å². The molecule has 1 amide bonds. The minimum Gasteiger partial charge on any atom is -0.355 e. The third-order valence-electron chi connectivity index (χ3n) is 3.27. The van der Waals surface area contributed by atoms with Gasteiger partial charge in [0.2, 0.25) is 5.91 Å². The summed E-state index contributed by atoms with van der Waals surface area (Å²) in [7, 11) is 0. The first kappa shape index (κ1) is 12.2. The molecule has 2 fully saturated rings. The third-order valence-corrected chi connectivity index (χ3v) is 4.32. The first-order chi connectivity index (χ1) is 7.84. The van der Waals surface area contributed by atoms with Gasteiger partial charge < -0.3 is 10.6 Å². The molecule has 0 aromatic carbocycles. The summed E-state index contributed by atoms with van der Waals surface area (Å²) >= 11 is 2.02. The summed E-state index contributed by atoms with van der Waals surface area (Å²) in [6.45, 7) is 1.72. The molecule has 0 bridgehead atoms. The van der Waals surface area contributed by atoms with E-state index in [4.69, 9.17) is 0 Å². The summed E-state index contributed by atoms with van der Waals surface area (Å²) in [5.74, 6) is 3.36. The van der Waals surface area contributed by atoms with Crippen LogP contribution in [0.25, 0.3) is 0 Å². The van der Waals surface area contributed by atoms with E-state index in [0.717, 1.165) is 25.6 Å². The molecule has 2 N–H and O–H groups in total. The number of rotatable bonds is 6. The van der Waals surface area contributed by atoms with E-state index in [1.165, 1.54) is 37.2 Å². The average molecular weight is 242 g/mol. The smallest absolute Gasteiger partial charge is 0.220 e. The standard InChI is InChI=1S/C12H22N2OS/c15-12(9-10-3-7-16-8-4-10)14-6-5-13-11-1-2-11/h10-11,13H,1-9H2,(H,14,15). The minimum absolute atomic E-state index is 0.245. The lowest BCUT2D eigenvalue weighted by atomic mass is 9.98. The molecule has 0 spiro atoms. The second kappa shape index (κ2) is 6.50. The Morgan fingerprint density at radius 1 is 1.12 bits per heavy atom. The van der Waals surface area contributed by atoms with Crippen molar-refractivity contribution in [1.82, 2.24) is 10.6 Å². The number of thioether (sulfide) groups is 1. The van der Waals surface area contributed by atoms with Crippen molar-refractivity contribution < 1.29 is 4.79 Å². The van der Waals surface area contributed by atoms with Crippen LogP contribution >= 0.6 is 11.8 Å². The Morgan fingerprint density at radius 3 is 2.56 bits per heavy atom. The van der Waals surface area contributed by atoms with Gasteiger partial charge in [-0.3, -0.25) is 4.79 Å². The number of nitrogens with one attached hydrogen (secondary N) is 2. The highest BCUT2D eigenvalue weighted by molar-refractivity contribution is 7.99. The lowest BCUT2D eigenvalue weighted by molar-refractivity contribution is -0.122. The summed E-state index contributed by atoms with van der Waals surface area (Å²) in [5, 5.41) is 6.40. The highest BCUT2D eigenvalue weighted by Gasteiger charge is 2.20. The van der Waals surface area contributed by atoms with Gasteiger partial charge in [-0.25, -0.2) is 0 Å². The maximum Gasteiger partial charge on any atom is 0.220 e. The van der Waals surface area contributed by atoms with E-state index in [9.17, 15) is 4.79 Å². The van der Waals surface area contributed by atoms with Crippen LogP contribution in [-0.4, -0.2) is 36.5 Å². The van der Waals surface area contributed by atoms with Crippen molar-refractivity contribution >= 4 is 17.7 Å². The lowest BCUT2D eigenvalue weighted by Gasteiger charge is -2.20. The molecule has 0 aromatic rings. The third kappa shape index (κ3) is 4.74. The number of carbonyl (C=O) groups excluding carboxylic acids is 1. The van der Waals surface area contributed by atoms with Crippen LogP contribution in [0, 0.1) is 5.92 Å². The SMILES string of the molecule is O=C(CC1CCSCC1)NCCNC1CC1. The number of hydrogen-bond donors (Lipinski definition) is 2. The predicted molar refractivity (Wildman–Crippen MR) is 68.7 cm³/mol. The van der Waals surface area contributed by atoms with Gasteiger partial charge in [-0.05, 0) is 43.1 Å². The van der Waals surface area contributed by atoms with Gasteiger partial charge >= 0.3 is 0 Å². The minimum atomic E-state index is 0.245. The summed E-state index contributed by atoms with van der Waals surface area (Å²) in [4.78, 5) is 11.6. The normalized spacial score (nSPS) is 22.0. The number of amides is 1. The van der Waals surface area contributed by atoms with Gasteiger partial charge in [0, 0.05) is 25.6 Å². The van der Waals surface area contributed by atoms with E-state index in [1.54, 1.807) is 0 Å². The average Bonchev–Trinajstić information content (AvgIpc) is 3.10. The van der Waals surface area contributed by atoms with Crippen LogP contribution in [0.5, 0.6) is 0 Å². The molecule has 2 aliphatic rings. The van der Waals surface area contributed by atoms with Gasteiger partial charge in [0.25, 0.3) is 0 Å². The molecule has 3 nitrogen and oxygen atoms in total. The zero-order chi connectivity index (χ0) is 11.2. The van der Waals surface area contributed by atoms with Crippen LogP contribution in [0.4, 0.5) is 0 Å². The van der Waals surface area contributed by atoms with Crippen molar-refractivity contribution in [2.45, 2.75) is 38.1 Å². The second-order valence-corrected chi connectivity index (χ2v) is 6.06. The number of carbonyl (C=O) groups is 1. The van der Waals surface area contributed by atoms with Gasteiger partial charge in [0.15, 0.2) is 0 Å². The second-order valence-electron chi connectivity index (χ2n) is 4.84. The Bertz CT molecular complexity index is 225. The summed E-state index contributed by atoms with van der Waals surface area (Å²) < 4.78 is 0.